The highest BCUT2D eigenvalue weighted by atomic mass is 127. The number of benzene rings is 2. The van der Waals surface area contributed by atoms with Crippen molar-refractivity contribution in [1.82, 2.24) is 14.9 Å². The molecule has 3 aromatic rings. The molecule has 0 aliphatic heterocycles. The fraction of sp³-hybridized carbons (Fsp3) is 0.444. The predicted octanol–water partition coefficient (Wildman–Crippen LogP) is 7.15. The molecule has 0 bridgehead atoms. The molecule has 1 N–H and O–H groups in total. The Bertz CT molecular complexity index is 995. The molecule has 0 radical (unpaired) electrons. The maximum Gasteiger partial charge on any atom is 0.140 e. The van der Waals surface area contributed by atoms with Gasteiger partial charge in [-0.25, -0.2) is 9.37 Å². The van der Waals surface area contributed by atoms with Crippen LogP contribution in [-0.2, 0) is 19.5 Å². The quantitative estimate of drug-likeness (QED) is 0.259. The van der Waals surface area contributed by atoms with E-state index in [4.69, 9.17) is 4.98 Å². The zero-order valence-corrected chi connectivity index (χ0v) is 21.8. The van der Waals surface area contributed by atoms with Crippen LogP contribution in [0.1, 0.15) is 56.9 Å². The van der Waals surface area contributed by atoms with Crippen molar-refractivity contribution in [2.45, 2.75) is 72.5 Å². The zero-order chi connectivity index (χ0) is 23.1. The molecule has 0 aliphatic rings. The third-order valence-corrected chi connectivity index (χ3v) is 6.98. The van der Waals surface area contributed by atoms with Gasteiger partial charge in [-0.05, 0) is 96.2 Å². The van der Waals surface area contributed by atoms with Crippen LogP contribution >= 0.6 is 22.6 Å². The molecule has 0 amide bonds. The van der Waals surface area contributed by atoms with E-state index in [-0.39, 0.29) is 5.82 Å². The highest BCUT2D eigenvalue weighted by Gasteiger charge is 2.16. The van der Waals surface area contributed by atoms with Crippen molar-refractivity contribution >= 4 is 22.6 Å². The van der Waals surface area contributed by atoms with Crippen LogP contribution in [0.25, 0.3) is 11.4 Å². The fourth-order valence-electron chi connectivity index (χ4n) is 4.05. The summed E-state index contributed by atoms with van der Waals surface area (Å²) in [5.74, 6) is 1.32. The molecule has 32 heavy (non-hydrogen) atoms. The summed E-state index contributed by atoms with van der Waals surface area (Å²) in [4.78, 5) is 4.71. The smallest absolute Gasteiger partial charge is 0.140 e. The molecule has 1 atom stereocenters. The van der Waals surface area contributed by atoms with Crippen LogP contribution in [0.3, 0.4) is 0 Å². The standard InChI is InChI=1S/C27H35FIN3/c1-5-6-13-32-25(18-31-27(32)22-9-11-23(28)12-10-22)17-30-24(14-19(2)3)15-21-8-7-20(4)26(29)16-21/h7-12,16,18-19,24,30H,5-6,13-15,17H2,1-4H3. The van der Waals surface area contributed by atoms with Gasteiger partial charge in [-0.1, -0.05) is 39.3 Å². The summed E-state index contributed by atoms with van der Waals surface area (Å²) in [6, 6.07) is 13.8. The van der Waals surface area contributed by atoms with Crippen molar-refractivity contribution < 1.29 is 4.39 Å². The number of hydrogen-bond donors (Lipinski definition) is 1. The minimum atomic E-state index is -0.218. The molecule has 1 unspecified atom stereocenters. The van der Waals surface area contributed by atoms with E-state index in [1.54, 1.807) is 0 Å². The summed E-state index contributed by atoms with van der Waals surface area (Å²) in [6.45, 7) is 10.6. The van der Waals surface area contributed by atoms with E-state index in [0.29, 0.717) is 12.0 Å². The van der Waals surface area contributed by atoms with E-state index in [0.717, 1.165) is 50.2 Å². The first-order valence-corrected chi connectivity index (χ1v) is 12.7. The van der Waals surface area contributed by atoms with Crippen LogP contribution in [0, 0.1) is 22.2 Å². The Labute approximate surface area is 206 Å². The first-order valence-electron chi connectivity index (χ1n) is 11.7. The maximum absolute atomic E-state index is 13.4. The molecule has 3 nitrogen and oxygen atoms in total. The van der Waals surface area contributed by atoms with Gasteiger partial charge in [0.2, 0.25) is 0 Å². The molecule has 0 saturated carbocycles. The van der Waals surface area contributed by atoms with Crippen molar-refractivity contribution in [3.63, 3.8) is 0 Å². The third-order valence-electron chi connectivity index (χ3n) is 5.82. The van der Waals surface area contributed by atoms with Gasteiger partial charge < -0.3 is 9.88 Å². The molecule has 2 aromatic carbocycles. The number of halogens is 2. The molecule has 0 spiro atoms. The largest absolute Gasteiger partial charge is 0.327 e. The van der Waals surface area contributed by atoms with Crippen molar-refractivity contribution in [2.75, 3.05) is 0 Å². The number of aromatic nitrogens is 2. The lowest BCUT2D eigenvalue weighted by Gasteiger charge is -2.22. The van der Waals surface area contributed by atoms with Crippen molar-refractivity contribution in [1.29, 1.82) is 0 Å². The number of unbranched alkanes of at least 4 members (excludes halogenated alkanes) is 1. The average Bonchev–Trinajstić information content (AvgIpc) is 3.16. The lowest BCUT2D eigenvalue weighted by Crippen LogP contribution is -2.33. The Kier molecular flexibility index (Phi) is 9.29. The normalized spacial score (nSPS) is 12.5. The molecule has 1 aromatic heterocycles. The van der Waals surface area contributed by atoms with E-state index in [9.17, 15) is 4.39 Å². The topological polar surface area (TPSA) is 29.9 Å². The molecule has 1 heterocycles. The molecular formula is C27H35FIN3. The molecule has 5 heteroatoms. The van der Waals surface area contributed by atoms with E-state index in [2.05, 4.69) is 78.4 Å². The van der Waals surface area contributed by atoms with Gasteiger partial charge >= 0.3 is 0 Å². The second kappa shape index (κ2) is 11.9. The maximum atomic E-state index is 13.4. The first-order chi connectivity index (χ1) is 15.4. The number of aryl methyl sites for hydroxylation is 1. The van der Waals surface area contributed by atoms with Gasteiger partial charge in [0.1, 0.15) is 11.6 Å². The summed E-state index contributed by atoms with van der Waals surface area (Å²) in [7, 11) is 0. The summed E-state index contributed by atoms with van der Waals surface area (Å²) in [5.41, 5.74) is 4.85. The Morgan fingerprint density at radius 3 is 2.53 bits per heavy atom. The van der Waals surface area contributed by atoms with Crippen molar-refractivity contribution in [3.05, 3.63) is 74.9 Å². The van der Waals surface area contributed by atoms with E-state index in [1.165, 1.54) is 32.5 Å². The van der Waals surface area contributed by atoms with Crippen LogP contribution in [-0.4, -0.2) is 15.6 Å². The molecule has 0 saturated heterocycles. The van der Waals surface area contributed by atoms with Crippen LogP contribution in [0.2, 0.25) is 0 Å². The molecule has 0 fully saturated rings. The van der Waals surface area contributed by atoms with Gasteiger partial charge in [-0.15, -0.1) is 0 Å². The summed E-state index contributed by atoms with van der Waals surface area (Å²) < 4.78 is 17.0. The average molecular weight is 548 g/mol. The van der Waals surface area contributed by atoms with Crippen LogP contribution in [0.15, 0.2) is 48.7 Å². The Morgan fingerprint density at radius 1 is 1.12 bits per heavy atom. The number of nitrogens with one attached hydrogen (secondary N) is 1. The van der Waals surface area contributed by atoms with E-state index < -0.39 is 0 Å². The minimum absolute atomic E-state index is 0.218. The third kappa shape index (κ3) is 6.88. The van der Waals surface area contributed by atoms with E-state index in [1.807, 2.05) is 18.3 Å². The lowest BCUT2D eigenvalue weighted by atomic mass is 9.96. The van der Waals surface area contributed by atoms with Gasteiger partial charge in [0, 0.05) is 28.3 Å². The number of rotatable bonds is 11. The van der Waals surface area contributed by atoms with Gasteiger partial charge in [0.05, 0.1) is 11.9 Å². The number of hydrogen-bond acceptors (Lipinski definition) is 2. The monoisotopic (exact) mass is 547 g/mol. The molecule has 172 valence electrons. The number of imidazole rings is 1. The first kappa shape index (κ1) is 24.9. The second-order valence-electron chi connectivity index (χ2n) is 9.08. The van der Waals surface area contributed by atoms with Crippen LogP contribution in [0.4, 0.5) is 4.39 Å². The highest BCUT2D eigenvalue weighted by molar-refractivity contribution is 14.1. The number of nitrogens with zero attached hydrogens (tertiary/aromatic N) is 2. The van der Waals surface area contributed by atoms with Gasteiger partial charge in [-0.2, -0.15) is 0 Å². The summed E-state index contributed by atoms with van der Waals surface area (Å²) >= 11 is 2.42. The summed E-state index contributed by atoms with van der Waals surface area (Å²) in [5, 5.41) is 3.82. The Balaban J connectivity index is 1.78. The zero-order valence-electron chi connectivity index (χ0n) is 19.7. The minimum Gasteiger partial charge on any atom is -0.327 e. The van der Waals surface area contributed by atoms with Crippen LogP contribution < -0.4 is 5.32 Å². The van der Waals surface area contributed by atoms with E-state index >= 15 is 0 Å². The Morgan fingerprint density at radius 2 is 1.88 bits per heavy atom. The van der Waals surface area contributed by atoms with Crippen LogP contribution in [0.5, 0.6) is 0 Å². The van der Waals surface area contributed by atoms with Crippen molar-refractivity contribution in [3.8, 4) is 11.4 Å². The fourth-order valence-corrected chi connectivity index (χ4v) is 4.63. The predicted molar refractivity (Wildman–Crippen MR) is 140 cm³/mol. The van der Waals surface area contributed by atoms with Gasteiger partial charge in [-0.3, -0.25) is 0 Å². The lowest BCUT2D eigenvalue weighted by molar-refractivity contribution is 0.408. The van der Waals surface area contributed by atoms with Crippen molar-refractivity contribution in [2.24, 2.45) is 5.92 Å². The highest BCUT2D eigenvalue weighted by Crippen LogP contribution is 2.22. The molecule has 3 rings (SSSR count). The molecule has 0 aliphatic carbocycles. The SMILES string of the molecule is CCCCn1c(CNC(Cc2ccc(C)c(I)c2)CC(C)C)cnc1-c1ccc(F)cc1. The van der Waals surface area contributed by atoms with Gasteiger partial charge in [0.15, 0.2) is 0 Å². The summed E-state index contributed by atoms with van der Waals surface area (Å²) in [6.07, 6.45) is 6.33. The molecular weight excluding hydrogens is 512 g/mol. The van der Waals surface area contributed by atoms with Gasteiger partial charge in [0.25, 0.3) is 0 Å². The Hall–Kier alpha value is -1.73. The second-order valence-corrected chi connectivity index (χ2v) is 10.2.